The second kappa shape index (κ2) is 4.54. The molecule has 0 bridgehead atoms. The van der Waals surface area contributed by atoms with E-state index in [9.17, 15) is 30.9 Å². The van der Waals surface area contributed by atoms with E-state index in [-0.39, 0.29) is 6.54 Å². The molecule has 0 aliphatic carbocycles. The number of hydrogen-bond acceptors (Lipinski definition) is 2. The van der Waals surface area contributed by atoms with Crippen molar-refractivity contribution in [2.45, 2.75) is 19.6 Å². The Morgan fingerprint density at radius 1 is 1.44 bits per heavy atom. The maximum Gasteiger partial charge on any atom is 0.529 e. The van der Waals surface area contributed by atoms with Gasteiger partial charge in [-0.3, -0.25) is 9.48 Å². The van der Waals surface area contributed by atoms with Gasteiger partial charge in [0.1, 0.15) is 0 Å². The molecule has 18 heavy (non-hydrogen) atoms. The van der Waals surface area contributed by atoms with Gasteiger partial charge in [0.05, 0.1) is 11.9 Å². The Kier molecular flexibility index (Phi) is 3.63. The van der Waals surface area contributed by atoms with E-state index < -0.39 is 30.3 Å². The summed E-state index contributed by atoms with van der Waals surface area (Å²) in [5, 5.41) is 4.43. The van der Waals surface area contributed by atoms with Gasteiger partial charge < -0.3 is 18.3 Å². The lowest BCUT2D eigenvalue weighted by Gasteiger charge is -2.19. The summed E-state index contributed by atoms with van der Waals surface area (Å²) in [6, 6.07) is 0. The molecular formula is C7H7BF6N3O-. The van der Waals surface area contributed by atoms with Crippen molar-refractivity contribution in [2.75, 3.05) is 5.32 Å². The summed E-state index contributed by atoms with van der Waals surface area (Å²) in [7, 11) is 0. The summed E-state index contributed by atoms with van der Waals surface area (Å²) in [5.41, 5.74) is -2.36. The van der Waals surface area contributed by atoms with Crippen molar-refractivity contribution in [2.24, 2.45) is 0 Å². The van der Waals surface area contributed by atoms with Crippen molar-refractivity contribution in [3.8, 4) is 0 Å². The molecule has 0 spiro atoms. The fraction of sp³-hybridized carbons (Fsp3) is 0.429. The second-order valence-electron chi connectivity index (χ2n) is 3.29. The summed E-state index contributed by atoms with van der Waals surface area (Å²) in [6.45, 7) is -4.42. The van der Waals surface area contributed by atoms with Gasteiger partial charge >= 0.3 is 19.1 Å². The van der Waals surface area contributed by atoms with E-state index in [1.807, 2.05) is 0 Å². The average Bonchev–Trinajstić information content (AvgIpc) is 2.58. The number of alkyl halides is 3. The third-order valence-electron chi connectivity index (χ3n) is 2.00. The van der Waals surface area contributed by atoms with Gasteiger partial charge in [0, 0.05) is 12.1 Å². The highest BCUT2D eigenvalue weighted by Gasteiger charge is 2.41. The lowest BCUT2D eigenvalue weighted by molar-refractivity contribution is -0.167. The van der Waals surface area contributed by atoms with Crippen LogP contribution in [0.3, 0.4) is 0 Å². The normalized spacial score (nSPS) is 12.6. The summed E-state index contributed by atoms with van der Waals surface area (Å²) in [6.07, 6.45) is -4.72. The van der Waals surface area contributed by atoms with Crippen LogP contribution in [0, 0.1) is 0 Å². The predicted molar refractivity (Wildman–Crippen MR) is 51.3 cm³/mol. The number of anilines is 1. The topological polar surface area (TPSA) is 46.9 Å². The molecule has 1 amide bonds. The molecule has 1 N–H and O–H groups in total. The van der Waals surface area contributed by atoms with Crippen LogP contribution in [0.2, 0.25) is 0 Å². The monoisotopic (exact) mass is 274 g/mol. The minimum Gasteiger partial charge on any atom is -0.444 e. The summed E-state index contributed by atoms with van der Waals surface area (Å²) in [4.78, 5) is 10.6. The number of amides is 1. The first-order valence-electron chi connectivity index (χ1n) is 4.71. The van der Waals surface area contributed by atoms with Crippen LogP contribution in [0.25, 0.3) is 0 Å². The molecule has 0 saturated carbocycles. The van der Waals surface area contributed by atoms with E-state index in [1.54, 1.807) is 0 Å². The Morgan fingerprint density at radius 3 is 2.39 bits per heavy atom. The zero-order valence-corrected chi connectivity index (χ0v) is 8.93. The van der Waals surface area contributed by atoms with Gasteiger partial charge in [-0.2, -0.15) is 18.3 Å². The highest BCUT2D eigenvalue weighted by molar-refractivity contribution is 6.74. The van der Waals surface area contributed by atoms with Crippen LogP contribution in [0.1, 0.15) is 6.92 Å². The Bertz CT molecular complexity index is 451. The molecule has 1 aromatic rings. The minimum atomic E-state index is -5.58. The van der Waals surface area contributed by atoms with Crippen LogP contribution in [0.4, 0.5) is 31.8 Å². The first kappa shape index (κ1) is 14.4. The molecule has 4 nitrogen and oxygen atoms in total. The molecule has 11 heteroatoms. The molecular weight excluding hydrogens is 267 g/mol. The van der Waals surface area contributed by atoms with Gasteiger partial charge in [0.2, 0.25) is 0 Å². The van der Waals surface area contributed by atoms with Crippen molar-refractivity contribution < 1.29 is 30.9 Å². The highest BCUT2D eigenvalue weighted by atomic mass is 19.4. The van der Waals surface area contributed by atoms with Gasteiger partial charge in [-0.25, -0.2) is 0 Å². The summed E-state index contributed by atoms with van der Waals surface area (Å²) >= 11 is 0. The molecule has 1 aromatic heterocycles. The van der Waals surface area contributed by atoms with Gasteiger partial charge in [0.25, 0.3) is 0 Å². The lowest BCUT2D eigenvalue weighted by atomic mass is 9.84. The third-order valence-corrected chi connectivity index (χ3v) is 2.00. The smallest absolute Gasteiger partial charge is 0.444 e. The molecule has 0 saturated heterocycles. The molecule has 0 atom stereocenters. The number of carbonyl (C=O) groups excluding carboxylic acids is 1. The third kappa shape index (κ3) is 2.96. The first-order chi connectivity index (χ1) is 8.07. The number of nitrogens with zero attached hydrogens (tertiary/aromatic N) is 2. The number of hydrogen-bond donors (Lipinski definition) is 1. The number of halogens is 6. The van der Waals surface area contributed by atoms with E-state index in [2.05, 4.69) is 5.10 Å². The van der Waals surface area contributed by atoms with Crippen LogP contribution < -0.4 is 10.9 Å². The molecule has 102 valence electrons. The summed E-state index contributed by atoms with van der Waals surface area (Å²) < 4.78 is 74.2. The molecule has 0 aliphatic heterocycles. The molecule has 1 rings (SSSR count). The molecule has 1 heterocycles. The van der Waals surface area contributed by atoms with Crippen molar-refractivity contribution in [3.63, 3.8) is 0 Å². The van der Waals surface area contributed by atoms with Gasteiger partial charge in [0.15, 0.2) is 0 Å². The zero-order valence-electron chi connectivity index (χ0n) is 8.93. The fourth-order valence-electron chi connectivity index (χ4n) is 1.28. The van der Waals surface area contributed by atoms with Crippen molar-refractivity contribution >= 4 is 24.2 Å². The van der Waals surface area contributed by atoms with Gasteiger partial charge in [-0.05, 0) is 6.92 Å². The Balaban J connectivity index is 3.12. The van der Waals surface area contributed by atoms with E-state index >= 15 is 0 Å². The number of aryl methyl sites for hydroxylation is 1. The maximum atomic E-state index is 12.6. The SMILES string of the molecule is CCn1ncc(NC(=O)C(F)(F)F)c1[B-](F)(F)F. The van der Waals surface area contributed by atoms with Crippen LogP contribution in [-0.2, 0) is 11.3 Å². The zero-order chi connectivity index (χ0) is 14.1. The lowest BCUT2D eigenvalue weighted by Crippen LogP contribution is -2.43. The van der Waals surface area contributed by atoms with Gasteiger partial charge in [-0.15, -0.1) is 0 Å². The Morgan fingerprint density at radius 2 is 2.00 bits per heavy atom. The van der Waals surface area contributed by atoms with E-state index in [0.717, 1.165) is 5.32 Å². The van der Waals surface area contributed by atoms with Crippen LogP contribution in [0.5, 0.6) is 0 Å². The maximum absolute atomic E-state index is 12.6. The average molecular weight is 274 g/mol. The van der Waals surface area contributed by atoms with Crippen LogP contribution >= 0.6 is 0 Å². The number of nitrogens with one attached hydrogen (secondary N) is 1. The standard InChI is InChI=1S/C7H7BF6N3O/c1-2-17-5(8(12,13)14)4(3-15-17)16-6(18)7(9,10)11/h3H,2H2,1H3,(H,16,18)/q-1. The number of rotatable bonds is 3. The van der Waals surface area contributed by atoms with E-state index in [4.69, 9.17) is 0 Å². The predicted octanol–water partition coefficient (Wildman–Crippen LogP) is 1.46. The fourth-order valence-corrected chi connectivity index (χ4v) is 1.28. The quantitative estimate of drug-likeness (QED) is 0.670. The minimum absolute atomic E-state index is 0.182. The largest absolute Gasteiger partial charge is 0.529 e. The number of aromatic nitrogens is 2. The van der Waals surface area contributed by atoms with Crippen molar-refractivity contribution in [1.82, 2.24) is 9.78 Å². The molecule has 0 unspecified atom stereocenters. The molecule has 0 aliphatic rings. The summed E-state index contributed by atoms with van der Waals surface area (Å²) in [5.74, 6) is -2.47. The second-order valence-corrected chi connectivity index (χ2v) is 3.29. The molecule has 0 aromatic carbocycles. The highest BCUT2D eigenvalue weighted by Crippen LogP contribution is 2.20. The van der Waals surface area contributed by atoms with E-state index in [0.29, 0.717) is 10.9 Å². The molecule has 0 radical (unpaired) electrons. The Labute approximate surface area is 97.0 Å². The molecule has 0 fully saturated rings. The Hall–Kier alpha value is -1.68. The van der Waals surface area contributed by atoms with Crippen molar-refractivity contribution in [1.29, 1.82) is 0 Å². The van der Waals surface area contributed by atoms with Crippen LogP contribution in [-0.4, -0.2) is 28.8 Å². The van der Waals surface area contributed by atoms with E-state index in [1.165, 1.54) is 6.92 Å². The van der Waals surface area contributed by atoms with Gasteiger partial charge in [-0.1, -0.05) is 0 Å². The number of carbonyl (C=O) groups is 1. The first-order valence-corrected chi connectivity index (χ1v) is 4.71. The van der Waals surface area contributed by atoms with Crippen molar-refractivity contribution in [3.05, 3.63) is 6.20 Å². The van der Waals surface area contributed by atoms with Crippen LogP contribution in [0.15, 0.2) is 6.20 Å².